The Morgan fingerprint density at radius 2 is 0.513 bits per heavy atom. The summed E-state index contributed by atoms with van der Waals surface area (Å²) < 4.78 is 10.7. The van der Waals surface area contributed by atoms with Gasteiger partial charge in [-0.3, -0.25) is 9.59 Å². The molecular weight excluding hydrogens is 957 g/mol. The van der Waals surface area contributed by atoms with Crippen molar-refractivity contribution in [2.75, 3.05) is 13.2 Å². The highest BCUT2D eigenvalue weighted by Crippen LogP contribution is 2.14. The van der Waals surface area contributed by atoms with Gasteiger partial charge in [0.2, 0.25) is 0 Å². The third-order valence-electron chi connectivity index (χ3n) is 12.4. The number of ether oxygens (including phenoxy) is 2. The lowest BCUT2D eigenvalue weighted by Crippen LogP contribution is -2.28. The molecule has 0 fully saturated rings. The van der Waals surface area contributed by atoms with Crippen LogP contribution in [0, 0.1) is 0 Å². The Bertz CT molecular complexity index is 1830. The van der Waals surface area contributed by atoms with E-state index < -0.39 is 6.10 Å². The Kier molecular flexibility index (Phi) is 61.6. The minimum atomic E-state index is -0.801. The summed E-state index contributed by atoms with van der Waals surface area (Å²) >= 11 is 0. The van der Waals surface area contributed by atoms with Gasteiger partial charge in [-0.05, 0) is 141 Å². The predicted molar refractivity (Wildman–Crippen MR) is 342 cm³/mol. The Balaban J connectivity index is 3.64. The van der Waals surface area contributed by atoms with Gasteiger partial charge in [-0.2, -0.15) is 0 Å². The van der Waals surface area contributed by atoms with Crippen molar-refractivity contribution in [2.24, 2.45) is 0 Å². The van der Waals surface area contributed by atoms with Gasteiger partial charge in [0.05, 0.1) is 6.61 Å². The number of aliphatic hydroxyl groups is 1. The molecule has 0 aliphatic heterocycles. The van der Waals surface area contributed by atoms with Crippen LogP contribution in [0.1, 0.15) is 232 Å². The number of unbranched alkanes of at least 4 members (excludes halogenated alkanes) is 14. The van der Waals surface area contributed by atoms with E-state index in [4.69, 9.17) is 9.47 Å². The standard InChI is InChI=1S/C73H112O5/c1-3-5-7-9-11-13-15-17-19-21-23-25-27-29-31-32-33-34-35-36-37-38-39-40-42-44-46-48-50-52-54-56-58-60-62-64-66-68-73(76)78-71(69-74)70-77-72(75)67-65-63-61-59-57-55-53-51-49-47-45-43-41-30-28-26-24-22-20-18-16-14-12-10-8-6-4-2/h5-8,11-14,17-20,23-26,29-31,33-34,36-37,39-41,44-47,51,53,71,74H,3-4,9-10,15-16,21-22,27-28,32,35,38,42-43,48-50,52,54-70H2,1-2H3/b7-5-,8-6-,13-11-,14-12-,19-17-,20-18-,25-23-,26-24-,31-29-,34-33-,37-36-,40-39-,41-30-,46-44-,47-45-,53-51-. The zero-order chi connectivity index (χ0) is 56.2. The zero-order valence-electron chi connectivity index (χ0n) is 49.6. The Morgan fingerprint density at radius 3 is 0.769 bits per heavy atom. The van der Waals surface area contributed by atoms with Crippen LogP contribution < -0.4 is 0 Å². The van der Waals surface area contributed by atoms with Crippen molar-refractivity contribution in [3.05, 3.63) is 194 Å². The maximum absolute atomic E-state index is 12.3. The van der Waals surface area contributed by atoms with Gasteiger partial charge in [0.1, 0.15) is 6.61 Å². The van der Waals surface area contributed by atoms with E-state index in [2.05, 4.69) is 208 Å². The molecule has 0 saturated heterocycles. The number of carbonyl (C=O) groups excluding carboxylic acids is 2. The molecule has 5 heteroatoms. The van der Waals surface area contributed by atoms with E-state index in [9.17, 15) is 14.7 Å². The van der Waals surface area contributed by atoms with Crippen molar-refractivity contribution >= 4 is 11.9 Å². The maximum Gasteiger partial charge on any atom is 0.306 e. The second kappa shape index (κ2) is 66.0. The first-order chi connectivity index (χ1) is 38.6. The minimum absolute atomic E-state index is 0.0919. The lowest BCUT2D eigenvalue weighted by atomic mass is 10.1. The van der Waals surface area contributed by atoms with Crippen LogP contribution in [0.2, 0.25) is 0 Å². The van der Waals surface area contributed by atoms with Crippen LogP contribution in [0.4, 0.5) is 0 Å². The second-order valence-corrected chi connectivity index (χ2v) is 19.7. The number of aliphatic hydroxyl groups excluding tert-OH is 1. The molecule has 0 aliphatic rings. The van der Waals surface area contributed by atoms with E-state index in [1.165, 1.54) is 38.5 Å². The molecule has 0 spiro atoms. The fraction of sp³-hybridized carbons (Fsp3) is 0.534. The molecule has 1 unspecified atom stereocenters. The molecule has 5 nitrogen and oxygen atoms in total. The smallest absolute Gasteiger partial charge is 0.306 e. The fourth-order valence-electron chi connectivity index (χ4n) is 7.82. The normalized spacial score (nSPS) is 13.6. The van der Waals surface area contributed by atoms with Crippen molar-refractivity contribution in [3.8, 4) is 0 Å². The van der Waals surface area contributed by atoms with E-state index in [-0.39, 0.29) is 25.2 Å². The minimum Gasteiger partial charge on any atom is -0.462 e. The first-order valence-electron chi connectivity index (χ1n) is 31.0. The number of rotatable bonds is 54. The summed E-state index contributed by atoms with van der Waals surface area (Å²) in [5.41, 5.74) is 0. The molecule has 1 atom stereocenters. The molecule has 0 bridgehead atoms. The third-order valence-corrected chi connectivity index (χ3v) is 12.4. The number of carbonyl (C=O) groups is 2. The SMILES string of the molecule is CC/C=C\C/C=C\C/C=C\C/C=C\C/C=C\C/C=C\C/C=C\C/C=C\C/C=C\CCCCCCCCCCCC(=O)OC(CO)COC(=O)CCCCCCC/C=C\C/C=C\C/C=C\C/C=C\C/C=C\C/C=C\C/C=C\CC. The predicted octanol–water partition coefficient (Wildman–Crippen LogP) is 21.6. The summed E-state index contributed by atoms with van der Waals surface area (Å²) in [5.74, 6) is -0.634. The molecule has 0 aromatic heterocycles. The topological polar surface area (TPSA) is 72.8 Å². The third kappa shape index (κ3) is 63.3. The summed E-state index contributed by atoms with van der Waals surface area (Å²) in [6, 6.07) is 0. The molecule has 1 N–H and O–H groups in total. The number of allylic oxidation sites excluding steroid dienone is 32. The van der Waals surface area contributed by atoms with Crippen molar-refractivity contribution in [1.82, 2.24) is 0 Å². The van der Waals surface area contributed by atoms with Crippen LogP contribution >= 0.6 is 0 Å². The summed E-state index contributed by atoms with van der Waals surface area (Å²) in [7, 11) is 0. The molecule has 434 valence electrons. The van der Waals surface area contributed by atoms with Crippen LogP contribution in [-0.4, -0.2) is 36.4 Å². The fourth-order valence-corrected chi connectivity index (χ4v) is 7.82. The highest BCUT2D eigenvalue weighted by atomic mass is 16.6. The van der Waals surface area contributed by atoms with Crippen molar-refractivity contribution in [1.29, 1.82) is 0 Å². The van der Waals surface area contributed by atoms with Gasteiger partial charge in [-0.15, -0.1) is 0 Å². The van der Waals surface area contributed by atoms with E-state index >= 15 is 0 Å². The highest BCUT2D eigenvalue weighted by Gasteiger charge is 2.16. The summed E-state index contributed by atoms with van der Waals surface area (Å²) in [6.45, 7) is 3.88. The van der Waals surface area contributed by atoms with Crippen LogP contribution in [0.5, 0.6) is 0 Å². The summed E-state index contributed by atoms with van der Waals surface area (Å²) in [5, 5.41) is 9.68. The molecule has 0 aromatic carbocycles. The van der Waals surface area contributed by atoms with Crippen LogP contribution in [0.25, 0.3) is 0 Å². The van der Waals surface area contributed by atoms with Crippen molar-refractivity contribution in [2.45, 2.75) is 238 Å². The van der Waals surface area contributed by atoms with Gasteiger partial charge >= 0.3 is 11.9 Å². The van der Waals surface area contributed by atoms with Gasteiger partial charge in [-0.25, -0.2) is 0 Å². The maximum atomic E-state index is 12.3. The van der Waals surface area contributed by atoms with Crippen molar-refractivity contribution < 1.29 is 24.2 Å². The van der Waals surface area contributed by atoms with Gasteiger partial charge < -0.3 is 14.6 Å². The zero-order valence-corrected chi connectivity index (χ0v) is 49.6. The van der Waals surface area contributed by atoms with Crippen LogP contribution in [-0.2, 0) is 19.1 Å². The Hall–Kier alpha value is -5.26. The van der Waals surface area contributed by atoms with Crippen LogP contribution in [0.15, 0.2) is 194 Å². The largest absolute Gasteiger partial charge is 0.462 e. The number of esters is 2. The molecule has 0 saturated carbocycles. The van der Waals surface area contributed by atoms with E-state index in [0.29, 0.717) is 12.8 Å². The number of hydrogen-bond donors (Lipinski definition) is 1. The monoisotopic (exact) mass is 1070 g/mol. The van der Waals surface area contributed by atoms with Crippen molar-refractivity contribution in [3.63, 3.8) is 0 Å². The lowest BCUT2D eigenvalue weighted by molar-refractivity contribution is -0.161. The highest BCUT2D eigenvalue weighted by molar-refractivity contribution is 5.70. The molecule has 0 rings (SSSR count). The quantitative estimate of drug-likeness (QED) is 0.0373. The van der Waals surface area contributed by atoms with Gasteiger partial charge in [0, 0.05) is 12.8 Å². The summed E-state index contributed by atoms with van der Waals surface area (Å²) in [4.78, 5) is 24.6. The Morgan fingerprint density at radius 1 is 0.295 bits per heavy atom. The first-order valence-corrected chi connectivity index (χ1v) is 31.0. The molecular formula is C73H112O5. The second-order valence-electron chi connectivity index (χ2n) is 19.7. The summed E-state index contributed by atoms with van der Waals surface area (Å²) in [6.07, 6.45) is 105. The average molecular weight is 1070 g/mol. The molecule has 0 aromatic rings. The molecule has 0 radical (unpaired) electrons. The molecule has 0 amide bonds. The van der Waals surface area contributed by atoms with E-state index in [1.54, 1.807) is 0 Å². The van der Waals surface area contributed by atoms with Gasteiger partial charge in [-0.1, -0.05) is 272 Å². The molecule has 0 aliphatic carbocycles. The van der Waals surface area contributed by atoms with Gasteiger partial charge in [0.25, 0.3) is 0 Å². The van der Waals surface area contributed by atoms with E-state index in [1.807, 2.05) is 0 Å². The van der Waals surface area contributed by atoms with Crippen LogP contribution in [0.3, 0.4) is 0 Å². The molecule has 78 heavy (non-hydrogen) atoms. The van der Waals surface area contributed by atoms with Gasteiger partial charge in [0.15, 0.2) is 6.10 Å². The molecule has 0 heterocycles. The first kappa shape index (κ1) is 72.7. The Labute approximate surface area is 479 Å². The van der Waals surface area contributed by atoms with E-state index in [0.717, 1.165) is 167 Å². The lowest BCUT2D eigenvalue weighted by Gasteiger charge is -2.15. The number of hydrogen-bond acceptors (Lipinski definition) is 5. The average Bonchev–Trinajstić information content (AvgIpc) is 3.44.